The monoisotopic (exact) mass is 262 g/mol. The van der Waals surface area contributed by atoms with E-state index in [1.54, 1.807) is 0 Å². The van der Waals surface area contributed by atoms with Gasteiger partial charge in [0.2, 0.25) is 0 Å². The van der Waals surface area contributed by atoms with E-state index in [1.165, 1.54) is 29.2 Å². The molecule has 0 radical (unpaired) electrons. The van der Waals surface area contributed by atoms with E-state index < -0.39 is 0 Å². The minimum absolute atomic E-state index is 0.185. The van der Waals surface area contributed by atoms with Crippen LogP contribution in [-0.2, 0) is 12.8 Å². The first-order valence-corrected chi connectivity index (χ1v) is 8.02. The maximum atomic E-state index is 6.19. The average Bonchev–Trinajstić information content (AvgIpc) is 2.79. The lowest BCUT2D eigenvalue weighted by Crippen LogP contribution is -2.60. The van der Waals surface area contributed by atoms with Crippen molar-refractivity contribution in [1.29, 1.82) is 0 Å². The molecule has 0 aromatic heterocycles. The molecule has 1 aliphatic carbocycles. The van der Waals surface area contributed by atoms with Crippen molar-refractivity contribution in [2.24, 2.45) is 5.73 Å². The lowest BCUT2D eigenvalue weighted by Gasteiger charge is -2.46. The molecular weight excluding hydrogens is 240 g/mol. The summed E-state index contributed by atoms with van der Waals surface area (Å²) in [5.41, 5.74) is 9.39. The first kappa shape index (κ1) is 12.5. The highest BCUT2D eigenvalue weighted by molar-refractivity contribution is 7.99. The second-order valence-electron chi connectivity index (χ2n) is 5.67. The molecule has 2 N–H and O–H groups in total. The molecule has 0 spiro atoms. The van der Waals surface area contributed by atoms with Gasteiger partial charge in [-0.3, -0.25) is 4.90 Å². The van der Waals surface area contributed by atoms with E-state index in [9.17, 15) is 0 Å². The van der Waals surface area contributed by atoms with Crippen molar-refractivity contribution in [2.75, 3.05) is 24.6 Å². The Morgan fingerprint density at radius 1 is 1.33 bits per heavy atom. The zero-order valence-electron chi connectivity index (χ0n) is 11.1. The first-order chi connectivity index (χ1) is 8.75. The Hall–Kier alpha value is -0.510. The molecule has 1 atom stereocenters. The zero-order valence-corrected chi connectivity index (χ0v) is 11.9. The molecular formula is C15H22N2S. The van der Waals surface area contributed by atoms with Crippen LogP contribution in [0, 0.1) is 0 Å². The highest BCUT2D eigenvalue weighted by Gasteiger charge is 2.43. The topological polar surface area (TPSA) is 29.3 Å². The second kappa shape index (κ2) is 4.87. The molecule has 1 heterocycles. The van der Waals surface area contributed by atoms with E-state index in [-0.39, 0.29) is 5.54 Å². The van der Waals surface area contributed by atoms with Crippen LogP contribution >= 0.6 is 11.8 Å². The standard InChI is InChI=1S/C15H22N2S/c1-12-10-18-7-6-17(12)15(11-16)8-13-4-2-3-5-14(13)9-15/h2-5,12H,6-11,16H2,1H3. The first-order valence-electron chi connectivity index (χ1n) is 6.86. The van der Waals surface area contributed by atoms with Gasteiger partial charge in [-0.25, -0.2) is 0 Å². The van der Waals surface area contributed by atoms with Crippen LogP contribution in [0.2, 0.25) is 0 Å². The molecule has 1 aromatic carbocycles. The van der Waals surface area contributed by atoms with Crippen molar-refractivity contribution in [3.05, 3.63) is 35.4 Å². The minimum atomic E-state index is 0.185. The Bertz CT molecular complexity index is 407. The van der Waals surface area contributed by atoms with E-state index >= 15 is 0 Å². The predicted octanol–water partition coefficient (Wildman–Crippen LogP) is 1.92. The van der Waals surface area contributed by atoms with Crippen LogP contribution in [0.4, 0.5) is 0 Å². The number of hydrogen-bond acceptors (Lipinski definition) is 3. The number of nitrogens with zero attached hydrogens (tertiary/aromatic N) is 1. The maximum Gasteiger partial charge on any atom is 0.0415 e. The Morgan fingerprint density at radius 3 is 2.56 bits per heavy atom. The zero-order chi connectivity index (χ0) is 12.6. The number of thioether (sulfide) groups is 1. The highest BCUT2D eigenvalue weighted by atomic mass is 32.2. The van der Waals surface area contributed by atoms with Crippen LogP contribution in [0.1, 0.15) is 18.1 Å². The Kier molecular flexibility index (Phi) is 3.39. The molecule has 18 heavy (non-hydrogen) atoms. The van der Waals surface area contributed by atoms with Crippen LogP contribution < -0.4 is 5.73 Å². The summed E-state index contributed by atoms with van der Waals surface area (Å²) in [5, 5.41) is 0. The van der Waals surface area contributed by atoms with Crippen LogP contribution in [0.5, 0.6) is 0 Å². The molecule has 1 aromatic rings. The van der Waals surface area contributed by atoms with Gasteiger partial charge in [-0.2, -0.15) is 11.8 Å². The summed E-state index contributed by atoms with van der Waals surface area (Å²) in [4.78, 5) is 2.68. The average molecular weight is 262 g/mol. The highest BCUT2D eigenvalue weighted by Crippen LogP contribution is 2.37. The second-order valence-corrected chi connectivity index (χ2v) is 6.82. The van der Waals surface area contributed by atoms with Crippen molar-refractivity contribution >= 4 is 11.8 Å². The molecule has 1 saturated heterocycles. The van der Waals surface area contributed by atoms with Gasteiger partial charge in [0.25, 0.3) is 0 Å². The molecule has 1 unspecified atom stereocenters. The molecule has 3 heteroatoms. The molecule has 98 valence electrons. The van der Waals surface area contributed by atoms with Crippen LogP contribution in [-0.4, -0.2) is 41.1 Å². The summed E-state index contributed by atoms with van der Waals surface area (Å²) in [5.74, 6) is 2.50. The quantitative estimate of drug-likeness (QED) is 0.883. The van der Waals surface area contributed by atoms with Gasteiger partial charge in [-0.05, 0) is 30.9 Å². The molecule has 1 aliphatic heterocycles. The summed E-state index contributed by atoms with van der Waals surface area (Å²) in [7, 11) is 0. The van der Waals surface area contributed by atoms with Gasteiger partial charge >= 0.3 is 0 Å². The van der Waals surface area contributed by atoms with Crippen molar-refractivity contribution < 1.29 is 0 Å². The van der Waals surface area contributed by atoms with E-state index in [4.69, 9.17) is 5.73 Å². The van der Waals surface area contributed by atoms with Gasteiger partial charge in [-0.1, -0.05) is 24.3 Å². The molecule has 0 amide bonds. The molecule has 3 rings (SSSR count). The third kappa shape index (κ3) is 1.98. The third-order valence-electron chi connectivity index (χ3n) is 4.51. The lowest BCUT2D eigenvalue weighted by atomic mass is 9.91. The smallest absolute Gasteiger partial charge is 0.0415 e. The SMILES string of the molecule is CC1CSCCN1C1(CN)Cc2ccccc2C1. The van der Waals surface area contributed by atoms with Crippen molar-refractivity contribution in [2.45, 2.75) is 31.3 Å². The molecule has 1 fully saturated rings. The van der Waals surface area contributed by atoms with Crippen LogP contribution in [0.3, 0.4) is 0 Å². The van der Waals surface area contributed by atoms with E-state index in [2.05, 4.69) is 47.9 Å². The third-order valence-corrected chi connectivity index (χ3v) is 5.70. The van der Waals surface area contributed by atoms with Crippen molar-refractivity contribution in [3.8, 4) is 0 Å². The minimum Gasteiger partial charge on any atom is -0.329 e. The van der Waals surface area contributed by atoms with Gasteiger partial charge in [0.15, 0.2) is 0 Å². The summed E-state index contributed by atoms with van der Waals surface area (Å²) in [6, 6.07) is 9.51. The van der Waals surface area contributed by atoms with Crippen LogP contribution in [0.25, 0.3) is 0 Å². The lowest BCUT2D eigenvalue weighted by molar-refractivity contribution is 0.0749. The Labute approximate surface area is 114 Å². The van der Waals surface area contributed by atoms with Crippen LogP contribution in [0.15, 0.2) is 24.3 Å². The number of benzene rings is 1. The largest absolute Gasteiger partial charge is 0.329 e. The van der Waals surface area contributed by atoms with Crippen molar-refractivity contribution in [1.82, 2.24) is 4.90 Å². The molecule has 0 bridgehead atoms. The number of fused-ring (bicyclic) bond motifs is 1. The van der Waals surface area contributed by atoms with Crippen molar-refractivity contribution in [3.63, 3.8) is 0 Å². The maximum absolute atomic E-state index is 6.19. The van der Waals surface area contributed by atoms with E-state index in [0.717, 1.165) is 19.4 Å². The molecule has 2 aliphatic rings. The Morgan fingerprint density at radius 2 is 2.00 bits per heavy atom. The van der Waals surface area contributed by atoms with Gasteiger partial charge in [0.05, 0.1) is 0 Å². The normalized spacial score (nSPS) is 27.1. The summed E-state index contributed by atoms with van der Waals surface area (Å²) in [6.45, 7) is 4.32. The fourth-order valence-electron chi connectivity index (χ4n) is 3.57. The van der Waals surface area contributed by atoms with E-state index in [0.29, 0.717) is 6.04 Å². The fraction of sp³-hybridized carbons (Fsp3) is 0.600. The van der Waals surface area contributed by atoms with Gasteiger partial charge in [0.1, 0.15) is 0 Å². The summed E-state index contributed by atoms with van der Waals surface area (Å²) >= 11 is 2.08. The number of hydrogen-bond donors (Lipinski definition) is 1. The predicted molar refractivity (Wildman–Crippen MR) is 79.1 cm³/mol. The van der Waals surface area contributed by atoms with Gasteiger partial charge < -0.3 is 5.73 Å². The molecule has 0 saturated carbocycles. The van der Waals surface area contributed by atoms with Gasteiger partial charge in [-0.15, -0.1) is 0 Å². The van der Waals surface area contributed by atoms with E-state index in [1.807, 2.05) is 0 Å². The summed E-state index contributed by atoms with van der Waals surface area (Å²) < 4.78 is 0. The van der Waals surface area contributed by atoms with Gasteiger partial charge in [0, 0.05) is 36.2 Å². The fourth-order valence-corrected chi connectivity index (χ4v) is 4.58. The Balaban J connectivity index is 1.89. The number of rotatable bonds is 2. The number of nitrogens with two attached hydrogens (primary N) is 1. The summed E-state index contributed by atoms with van der Waals surface area (Å²) in [6.07, 6.45) is 2.27. The molecule has 2 nitrogen and oxygen atoms in total.